The summed E-state index contributed by atoms with van der Waals surface area (Å²) in [5, 5.41) is 11.8. The molecule has 0 aliphatic heterocycles. The first kappa shape index (κ1) is 14.3. The average Bonchev–Trinajstić information content (AvgIpc) is 2.49. The Morgan fingerprint density at radius 2 is 1.67 bits per heavy atom. The Balaban J connectivity index is 2.26. The number of anilines is 1. The Kier molecular flexibility index (Phi) is 4.32. The van der Waals surface area contributed by atoms with E-state index in [-0.39, 0.29) is 5.56 Å². The number of primary amides is 1. The highest BCUT2D eigenvalue weighted by atomic mass is 16.2. The molecular weight excluding hydrogens is 266 g/mol. The predicted octanol–water partition coefficient (Wildman–Crippen LogP) is 2.03. The zero-order valence-corrected chi connectivity index (χ0v) is 11.1. The van der Waals surface area contributed by atoms with Crippen LogP contribution < -0.4 is 11.1 Å². The van der Waals surface area contributed by atoms with E-state index in [1.165, 1.54) is 6.07 Å². The minimum absolute atomic E-state index is 0.204. The van der Waals surface area contributed by atoms with Gasteiger partial charge in [0.1, 0.15) is 0 Å². The van der Waals surface area contributed by atoms with Crippen LogP contribution in [0.3, 0.4) is 0 Å². The molecule has 0 heterocycles. The van der Waals surface area contributed by atoms with Crippen LogP contribution in [0.4, 0.5) is 5.69 Å². The van der Waals surface area contributed by atoms with Gasteiger partial charge in [-0.25, -0.2) is 0 Å². The minimum atomic E-state index is -0.952. The summed E-state index contributed by atoms with van der Waals surface area (Å²) in [6.07, 6.45) is 0. The Labute approximate surface area is 122 Å². The molecular formula is C16H13N3O2. The molecule has 0 saturated carbocycles. The minimum Gasteiger partial charge on any atom is -0.366 e. The summed E-state index contributed by atoms with van der Waals surface area (Å²) in [6, 6.07) is 17.1. The second-order valence-electron chi connectivity index (χ2n) is 4.37. The smallest absolute Gasteiger partial charge is 0.250 e. The van der Waals surface area contributed by atoms with E-state index in [1.807, 2.05) is 6.07 Å². The van der Waals surface area contributed by atoms with E-state index in [0.29, 0.717) is 11.3 Å². The zero-order chi connectivity index (χ0) is 15.2. The zero-order valence-electron chi connectivity index (χ0n) is 11.1. The number of carbonyl (C=O) groups excluding carboxylic acids is 2. The van der Waals surface area contributed by atoms with Crippen LogP contribution in [0.25, 0.3) is 0 Å². The summed E-state index contributed by atoms with van der Waals surface area (Å²) < 4.78 is 0. The predicted molar refractivity (Wildman–Crippen MR) is 78.4 cm³/mol. The molecule has 5 heteroatoms. The number of benzene rings is 2. The van der Waals surface area contributed by atoms with Crippen LogP contribution in [0.15, 0.2) is 54.6 Å². The molecule has 1 unspecified atom stereocenters. The topological polar surface area (TPSA) is 96.0 Å². The number of hydrogen-bond donors (Lipinski definition) is 2. The number of carbonyl (C=O) groups is 2. The molecule has 0 fully saturated rings. The molecule has 0 spiro atoms. The van der Waals surface area contributed by atoms with Gasteiger partial charge in [0.25, 0.3) is 5.91 Å². The van der Waals surface area contributed by atoms with E-state index in [0.717, 1.165) is 0 Å². The second-order valence-corrected chi connectivity index (χ2v) is 4.37. The lowest BCUT2D eigenvalue weighted by Crippen LogP contribution is -2.22. The molecule has 0 radical (unpaired) electrons. The molecule has 21 heavy (non-hydrogen) atoms. The number of nitrogens with two attached hydrogens (primary N) is 1. The van der Waals surface area contributed by atoms with Crippen molar-refractivity contribution in [3.8, 4) is 6.07 Å². The average molecular weight is 279 g/mol. The lowest BCUT2D eigenvalue weighted by atomic mass is 9.99. The van der Waals surface area contributed by atoms with E-state index >= 15 is 0 Å². The highest BCUT2D eigenvalue weighted by Crippen LogP contribution is 2.20. The lowest BCUT2D eigenvalue weighted by molar-refractivity contribution is -0.116. The van der Waals surface area contributed by atoms with Crippen LogP contribution in [0, 0.1) is 11.3 Å². The molecule has 0 saturated heterocycles. The van der Waals surface area contributed by atoms with Gasteiger partial charge in [-0.2, -0.15) is 5.26 Å². The first-order valence-electron chi connectivity index (χ1n) is 6.27. The van der Waals surface area contributed by atoms with E-state index < -0.39 is 17.7 Å². The van der Waals surface area contributed by atoms with Gasteiger partial charge in [-0.15, -0.1) is 0 Å². The van der Waals surface area contributed by atoms with E-state index in [2.05, 4.69) is 5.32 Å². The number of nitrogens with zero attached hydrogens (tertiary/aromatic N) is 1. The van der Waals surface area contributed by atoms with Crippen molar-refractivity contribution in [3.63, 3.8) is 0 Å². The first-order valence-corrected chi connectivity index (χ1v) is 6.27. The van der Waals surface area contributed by atoms with Gasteiger partial charge in [0.15, 0.2) is 5.92 Å². The van der Waals surface area contributed by atoms with Crippen molar-refractivity contribution in [2.24, 2.45) is 5.73 Å². The number of para-hydroxylation sites is 1. The summed E-state index contributed by atoms with van der Waals surface area (Å²) in [6.45, 7) is 0. The van der Waals surface area contributed by atoms with Crippen molar-refractivity contribution >= 4 is 17.5 Å². The molecule has 0 aromatic heterocycles. The fourth-order valence-electron chi connectivity index (χ4n) is 1.94. The fourth-order valence-corrected chi connectivity index (χ4v) is 1.94. The maximum Gasteiger partial charge on any atom is 0.250 e. The summed E-state index contributed by atoms with van der Waals surface area (Å²) in [4.78, 5) is 23.6. The van der Waals surface area contributed by atoms with Gasteiger partial charge in [-0.3, -0.25) is 9.59 Å². The number of nitrogens with one attached hydrogen (secondary N) is 1. The summed E-state index contributed by atoms with van der Waals surface area (Å²) in [5.41, 5.74) is 6.35. The lowest BCUT2D eigenvalue weighted by Gasteiger charge is -2.12. The van der Waals surface area contributed by atoms with Gasteiger partial charge < -0.3 is 11.1 Å². The van der Waals surface area contributed by atoms with Crippen LogP contribution in [0.2, 0.25) is 0 Å². The Morgan fingerprint density at radius 1 is 1.05 bits per heavy atom. The number of nitriles is 1. The maximum atomic E-state index is 12.2. The largest absolute Gasteiger partial charge is 0.366 e. The third-order valence-corrected chi connectivity index (χ3v) is 2.97. The quantitative estimate of drug-likeness (QED) is 0.896. The molecule has 2 amide bonds. The van der Waals surface area contributed by atoms with Gasteiger partial charge in [-0.05, 0) is 17.7 Å². The molecule has 2 aromatic carbocycles. The Bertz CT molecular complexity index is 705. The number of rotatable bonds is 4. The van der Waals surface area contributed by atoms with Crippen molar-refractivity contribution in [1.29, 1.82) is 5.26 Å². The Hall–Kier alpha value is -3.13. The van der Waals surface area contributed by atoms with Crippen LogP contribution >= 0.6 is 0 Å². The second kappa shape index (κ2) is 6.35. The maximum absolute atomic E-state index is 12.2. The number of hydrogen-bond acceptors (Lipinski definition) is 3. The highest BCUT2D eigenvalue weighted by Gasteiger charge is 2.21. The fraction of sp³-hybridized carbons (Fsp3) is 0.0625. The van der Waals surface area contributed by atoms with Gasteiger partial charge in [0.05, 0.1) is 17.3 Å². The molecule has 3 N–H and O–H groups in total. The van der Waals surface area contributed by atoms with Crippen LogP contribution in [-0.4, -0.2) is 11.8 Å². The van der Waals surface area contributed by atoms with E-state index in [4.69, 9.17) is 5.73 Å². The summed E-state index contributed by atoms with van der Waals surface area (Å²) in [7, 11) is 0. The molecule has 1 atom stereocenters. The summed E-state index contributed by atoms with van der Waals surface area (Å²) >= 11 is 0. The highest BCUT2D eigenvalue weighted by molar-refractivity contribution is 6.05. The third kappa shape index (κ3) is 3.25. The number of amides is 2. The van der Waals surface area contributed by atoms with Crippen molar-refractivity contribution < 1.29 is 9.59 Å². The van der Waals surface area contributed by atoms with Gasteiger partial charge in [-0.1, -0.05) is 42.5 Å². The Morgan fingerprint density at radius 3 is 2.29 bits per heavy atom. The molecule has 0 aliphatic carbocycles. The van der Waals surface area contributed by atoms with Crippen LogP contribution in [-0.2, 0) is 4.79 Å². The van der Waals surface area contributed by atoms with Crippen LogP contribution in [0.5, 0.6) is 0 Å². The summed E-state index contributed by atoms with van der Waals surface area (Å²) in [5.74, 6) is -2.09. The van der Waals surface area contributed by atoms with Crippen LogP contribution in [0.1, 0.15) is 21.8 Å². The SMILES string of the molecule is N#CC(C(=O)Nc1ccccc1C(N)=O)c1ccccc1. The molecule has 0 bridgehead atoms. The van der Waals surface area contributed by atoms with Gasteiger partial charge in [0.2, 0.25) is 5.91 Å². The monoisotopic (exact) mass is 279 g/mol. The van der Waals surface area contributed by atoms with Gasteiger partial charge >= 0.3 is 0 Å². The molecule has 2 aromatic rings. The molecule has 0 aliphatic rings. The van der Waals surface area contributed by atoms with Crippen molar-refractivity contribution in [3.05, 3.63) is 65.7 Å². The third-order valence-electron chi connectivity index (χ3n) is 2.97. The van der Waals surface area contributed by atoms with Crippen molar-refractivity contribution in [1.82, 2.24) is 0 Å². The van der Waals surface area contributed by atoms with Crippen molar-refractivity contribution in [2.45, 2.75) is 5.92 Å². The van der Waals surface area contributed by atoms with Crippen molar-refractivity contribution in [2.75, 3.05) is 5.32 Å². The van der Waals surface area contributed by atoms with E-state index in [9.17, 15) is 14.9 Å². The first-order chi connectivity index (χ1) is 10.1. The molecule has 104 valence electrons. The standard InChI is InChI=1S/C16H13N3O2/c17-10-13(11-6-2-1-3-7-11)16(21)19-14-9-5-4-8-12(14)15(18)20/h1-9,13H,(H2,18,20)(H,19,21). The van der Waals surface area contributed by atoms with Gasteiger partial charge in [0, 0.05) is 0 Å². The van der Waals surface area contributed by atoms with E-state index in [1.54, 1.807) is 48.5 Å². The normalized spacial score (nSPS) is 11.2. The molecule has 2 rings (SSSR count). The molecule has 5 nitrogen and oxygen atoms in total.